The number of nitrogens with zero attached hydrogens (tertiary/aromatic N) is 1. The first-order chi connectivity index (χ1) is 5.26. The molecule has 11 heavy (non-hydrogen) atoms. The summed E-state index contributed by atoms with van der Waals surface area (Å²) in [6, 6.07) is 0.898. The Bertz CT molecular complexity index is 153. The van der Waals surface area contributed by atoms with Crippen molar-refractivity contribution in [1.29, 1.82) is 0 Å². The van der Waals surface area contributed by atoms with Crippen molar-refractivity contribution in [2.45, 2.75) is 25.4 Å². The van der Waals surface area contributed by atoms with Crippen LogP contribution in [0.25, 0.3) is 0 Å². The molecule has 0 bridgehead atoms. The van der Waals surface area contributed by atoms with Gasteiger partial charge in [0.25, 0.3) is 0 Å². The third kappa shape index (κ3) is 2.21. The van der Waals surface area contributed by atoms with Crippen LogP contribution in [-0.4, -0.2) is 37.1 Å². The first kappa shape index (κ1) is 8.58. The molecular formula is C9H16N2. The molecule has 0 radical (unpaired) electrons. The third-order valence-corrected chi connectivity index (χ3v) is 2.11. The fourth-order valence-corrected chi connectivity index (χ4v) is 1.37. The van der Waals surface area contributed by atoms with E-state index in [1.54, 1.807) is 0 Å². The zero-order valence-corrected chi connectivity index (χ0v) is 7.30. The van der Waals surface area contributed by atoms with Crippen molar-refractivity contribution >= 4 is 0 Å². The lowest BCUT2D eigenvalue weighted by molar-refractivity contribution is 0.156. The molecule has 1 unspecified atom stereocenters. The van der Waals surface area contributed by atoms with Gasteiger partial charge in [-0.05, 0) is 13.5 Å². The Morgan fingerprint density at radius 1 is 1.73 bits per heavy atom. The normalized spacial score (nSPS) is 22.3. The molecule has 0 spiro atoms. The number of nitrogens with one attached hydrogen (secondary N) is 1. The van der Waals surface area contributed by atoms with Gasteiger partial charge in [-0.25, -0.2) is 0 Å². The van der Waals surface area contributed by atoms with Crippen LogP contribution in [0.2, 0.25) is 0 Å². The van der Waals surface area contributed by atoms with E-state index in [9.17, 15) is 0 Å². The Hall–Kier alpha value is -0.520. The van der Waals surface area contributed by atoms with Crippen molar-refractivity contribution in [2.24, 2.45) is 0 Å². The largest absolute Gasteiger partial charge is 0.303 e. The molecule has 0 saturated carbocycles. The van der Waals surface area contributed by atoms with Crippen molar-refractivity contribution in [3.63, 3.8) is 0 Å². The highest BCUT2D eigenvalue weighted by molar-refractivity contribution is 5.01. The van der Waals surface area contributed by atoms with Crippen molar-refractivity contribution in [3.8, 4) is 12.3 Å². The molecule has 2 nitrogen and oxygen atoms in total. The molecule has 2 heteroatoms. The summed E-state index contributed by atoms with van der Waals surface area (Å²) >= 11 is 0. The fraction of sp³-hybridized carbons (Fsp3) is 0.778. The van der Waals surface area contributed by atoms with E-state index in [0.29, 0.717) is 6.04 Å². The van der Waals surface area contributed by atoms with Crippen molar-refractivity contribution < 1.29 is 0 Å². The average molecular weight is 152 g/mol. The van der Waals surface area contributed by atoms with E-state index in [-0.39, 0.29) is 6.04 Å². The number of hydrogen-bond donors (Lipinski definition) is 1. The topological polar surface area (TPSA) is 15.3 Å². The predicted molar refractivity (Wildman–Crippen MR) is 47.3 cm³/mol. The highest BCUT2D eigenvalue weighted by Crippen LogP contribution is 2.05. The van der Waals surface area contributed by atoms with Crippen LogP contribution >= 0.6 is 0 Å². The van der Waals surface area contributed by atoms with E-state index in [1.807, 2.05) is 0 Å². The highest BCUT2D eigenvalue weighted by Gasteiger charge is 2.23. The van der Waals surface area contributed by atoms with Gasteiger partial charge < -0.3 is 4.90 Å². The molecule has 0 aromatic rings. The lowest BCUT2D eigenvalue weighted by Crippen LogP contribution is -2.58. The molecule has 1 saturated heterocycles. The Morgan fingerprint density at radius 2 is 2.36 bits per heavy atom. The second-order valence-corrected chi connectivity index (χ2v) is 3.21. The van der Waals surface area contributed by atoms with E-state index >= 15 is 0 Å². The molecule has 1 aliphatic heterocycles. The van der Waals surface area contributed by atoms with Crippen molar-refractivity contribution in [2.75, 3.05) is 20.1 Å². The Kier molecular flexibility index (Phi) is 2.92. The molecule has 1 rings (SSSR count). The van der Waals surface area contributed by atoms with Crippen LogP contribution in [0.3, 0.4) is 0 Å². The predicted octanol–water partition coefficient (Wildman–Crippen LogP) is 0.302. The lowest BCUT2D eigenvalue weighted by atomic mass is 10.1. The average Bonchev–Trinajstić information content (AvgIpc) is 1.96. The summed E-state index contributed by atoms with van der Waals surface area (Å²) in [4.78, 5) is 2.28. The molecule has 1 N–H and O–H groups in total. The van der Waals surface area contributed by atoms with Gasteiger partial charge in [0.05, 0.1) is 6.04 Å². The van der Waals surface area contributed by atoms with Crippen LogP contribution in [-0.2, 0) is 0 Å². The Labute approximate surface area is 69.0 Å². The summed E-state index contributed by atoms with van der Waals surface area (Å²) in [5.41, 5.74) is 0. The van der Waals surface area contributed by atoms with Crippen LogP contribution in [0.5, 0.6) is 0 Å². The molecule has 1 atom stereocenters. The number of likely N-dealkylation sites (tertiary alicyclic amines) is 1. The maximum absolute atomic E-state index is 5.32. The van der Waals surface area contributed by atoms with Gasteiger partial charge in [-0.3, -0.25) is 5.32 Å². The number of rotatable bonds is 3. The first-order valence-electron chi connectivity index (χ1n) is 4.17. The van der Waals surface area contributed by atoms with Crippen molar-refractivity contribution in [3.05, 3.63) is 0 Å². The monoisotopic (exact) mass is 152 g/mol. The minimum absolute atomic E-state index is 0.272. The summed E-state index contributed by atoms with van der Waals surface area (Å²) in [5.74, 6) is 2.74. The van der Waals surface area contributed by atoms with Crippen LogP contribution in [0.4, 0.5) is 0 Å². The summed E-state index contributed by atoms with van der Waals surface area (Å²) in [5, 5.41) is 3.41. The third-order valence-electron chi connectivity index (χ3n) is 2.11. The van der Waals surface area contributed by atoms with Gasteiger partial charge in [0.2, 0.25) is 0 Å². The SMILES string of the molecule is C#CC(CC)NC1CN(C)C1. The van der Waals surface area contributed by atoms with Crippen LogP contribution in [0, 0.1) is 12.3 Å². The maximum atomic E-state index is 5.32. The van der Waals surface area contributed by atoms with E-state index < -0.39 is 0 Å². The van der Waals surface area contributed by atoms with Gasteiger partial charge in [-0.1, -0.05) is 12.8 Å². The van der Waals surface area contributed by atoms with Gasteiger partial charge in [-0.2, -0.15) is 0 Å². The zero-order chi connectivity index (χ0) is 8.27. The van der Waals surface area contributed by atoms with E-state index in [0.717, 1.165) is 19.5 Å². The maximum Gasteiger partial charge on any atom is 0.0687 e. The van der Waals surface area contributed by atoms with E-state index in [1.165, 1.54) is 0 Å². The van der Waals surface area contributed by atoms with Gasteiger partial charge in [0.15, 0.2) is 0 Å². The minimum Gasteiger partial charge on any atom is -0.303 e. The molecule has 1 heterocycles. The van der Waals surface area contributed by atoms with Gasteiger partial charge in [0, 0.05) is 19.1 Å². The van der Waals surface area contributed by atoms with Crippen molar-refractivity contribution in [1.82, 2.24) is 10.2 Å². The molecule has 62 valence electrons. The minimum atomic E-state index is 0.272. The van der Waals surface area contributed by atoms with E-state index in [2.05, 4.69) is 30.1 Å². The molecule has 0 aromatic heterocycles. The Morgan fingerprint density at radius 3 is 2.73 bits per heavy atom. The quantitative estimate of drug-likeness (QED) is 0.585. The summed E-state index contributed by atoms with van der Waals surface area (Å²) in [6.07, 6.45) is 6.34. The Balaban J connectivity index is 2.16. The highest BCUT2D eigenvalue weighted by atomic mass is 15.2. The molecule has 1 fully saturated rings. The summed E-state index contributed by atoms with van der Waals surface area (Å²) in [6.45, 7) is 4.39. The van der Waals surface area contributed by atoms with Gasteiger partial charge in [0.1, 0.15) is 0 Å². The second kappa shape index (κ2) is 3.75. The molecule has 1 aliphatic rings. The zero-order valence-electron chi connectivity index (χ0n) is 7.30. The lowest BCUT2D eigenvalue weighted by Gasteiger charge is -2.38. The number of terminal acetylenes is 1. The second-order valence-electron chi connectivity index (χ2n) is 3.21. The summed E-state index contributed by atoms with van der Waals surface area (Å²) < 4.78 is 0. The molecular weight excluding hydrogens is 136 g/mol. The van der Waals surface area contributed by atoms with Crippen LogP contribution < -0.4 is 5.32 Å². The standard InChI is InChI=1S/C9H16N2/c1-4-8(5-2)10-9-6-11(3)7-9/h1,8-10H,5-7H2,2-3H3. The number of hydrogen-bond acceptors (Lipinski definition) is 2. The molecule has 0 aromatic carbocycles. The fourth-order valence-electron chi connectivity index (χ4n) is 1.37. The smallest absolute Gasteiger partial charge is 0.0687 e. The van der Waals surface area contributed by atoms with Crippen LogP contribution in [0.15, 0.2) is 0 Å². The molecule has 0 amide bonds. The van der Waals surface area contributed by atoms with Gasteiger partial charge >= 0.3 is 0 Å². The van der Waals surface area contributed by atoms with Gasteiger partial charge in [-0.15, -0.1) is 6.42 Å². The number of likely N-dealkylation sites (N-methyl/N-ethyl adjacent to an activating group) is 1. The van der Waals surface area contributed by atoms with E-state index in [4.69, 9.17) is 6.42 Å². The first-order valence-corrected chi connectivity index (χ1v) is 4.17. The van der Waals surface area contributed by atoms with Crippen LogP contribution in [0.1, 0.15) is 13.3 Å². The summed E-state index contributed by atoms with van der Waals surface area (Å²) in [7, 11) is 2.12. The molecule has 0 aliphatic carbocycles.